The van der Waals surface area contributed by atoms with E-state index in [1.807, 2.05) is 19.1 Å². The van der Waals surface area contributed by atoms with Gasteiger partial charge in [-0.2, -0.15) is 18.3 Å². The molecular weight excluding hydrogens is 437 g/mol. The Labute approximate surface area is 187 Å². The molecule has 33 heavy (non-hydrogen) atoms. The smallest absolute Gasteiger partial charge is 0.341 e. The summed E-state index contributed by atoms with van der Waals surface area (Å²) < 4.78 is 40.2. The van der Waals surface area contributed by atoms with Gasteiger partial charge in [0.05, 0.1) is 17.8 Å². The third-order valence-electron chi connectivity index (χ3n) is 4.82. The fourth-order valence-corrected chi connectivity index (χ4v) is 3.17. The van der Waals surface area contributed by atoms with Gasteiger partial charge in [-0.05, 0) is 43.2 Å². The number of nitrogens with one attached hydrogen (secondary N) is 2. The molecule has 0 aliphatic rings. The second kappa shape index (κ2) is 9.68. The average molecular weight is 458 g/mol. The van der Waals surface area contributed by atoms with E-state index in [1.54, 1.807) is 12.1 Å². The van der Waals surface area contributed by atoms with E-state index in [4.69, 9.17) is 0 Å². The summed E-state index contributed by atoms with van der Waals surface area (Å²) in [5.41, 5.74) is -0.351. The lowest BCUT2D eigenvalue weighted by molar-refractivity contribution is -0.137. The fraction of sp³-hybridized carbons (Fsp3) is 0.217. The molecular formula is C23H21F3N4O3. The molecule has 0 unspecified atom stereocenters. The zero-order valence-corrected chi connectivity index (χ0v) is 17.9. The highest BCUT2D eigenvalue weighted by molar-refractivity contribution is 5.98. The second-order valence-electron chi connectivity index (χ2n) is 7.20. The monoisotopic (exact) mass is 458 g/mol. The van der Waals surface area contributed by atoms with Gasteiger partial charge in [0.1, 0.15) is 0 Å². The second-order valence-corrected chi connectivity index (χ2v) is 7.20. The SMILES string of the molecule is CCc1ccccc1NC(=O)CNC(=O)c1nn(-c2cccc(C(F)(F)F)c2)c(C)cc1=O. The van der Waals surface area contributed by atoms with E-state index in [-0.39, 0.29) is 11.4 Å². The number of halogens is 3. The number of anilines is 1. The van der Waals surface area contributed by atoms with Crippen LogP contribution in [0.4, 0.5) is 18.9 Å². The number of hydrogen-bond acceptors (Lipinski definition) is 4. The first-order valence-corrected chi connectivity index (χ1v) is 10.0. The first-order valence-electron chi connectivity index (χ1n) is 10.0. The van der Waals surface area contributed by atoms with Gasteiger partial charge in [0.2, 0.25) is 11.3 Å². The molecule has 0 bridgehead atoms. The van der Waals surface area contributed by atoms with Crippen LogP contribution in [-0.2, 0) is 17.4 Å². The van der Waals surface area contributed by atoms with Crippen LogP contribution >= 0.6 is 0 Å². The van der Waals surface area contributed by atoms with Gasteiger partial charge in [0.25, 0.3) is 5.91 Å². The third-order valence-corrected chi connectivity index (χ3v) is 4.82. The van der Waals surface area contributed by atoms with Crippen LogP contribution in [0.1, 0.15) is 34.2 Å². The average Bonchev–Trinajstić information content (AvgIpc) is 2.77. The Balaban J connectivity index is 1.79. The minimum Gasteiger partial charge on any atom is -0.341 e. The summed E-state index contributed by atoms with van der Waals surface area (Å²) in [5.74, 6) is -1.42. The lowest BCUT2D eigenvalue weighted by atomic mass is 10.1. The van der Waals surface area contributed by atoms with Crippen molar-refractivity contribution >= 4 is 17.5 Å². The summed E-state index contributed by atoms with van der Waals surface area (Å²) in [6, 6.07) is 12.6. The summed E-state index contributed by atoms with van der Waals surface area (Å²) in [7, 11) is 0. The minimum atomic E-state index is -4.56. The zero-order chi connectivity index (χ0) is 24.2. The van der Waals surface area contributed by atoms with Crippen molar-refractivity contribution in [3.05, 3.63) is 87.3 Å². The largest absolute Gasteiger partial charge is 0.416 e. The van der Waals surface area contributed by atoms with E-state index in [9.17, 15) is 27.6 Å². The Bertz CT molecular complexity index is 1250. The van der Waals surface area contributed by atoms with Gasteiger partial charge in [-0.15, -0.1) is 0 Å². The maximum atomic E-state index is 13.1. The quantitative estimate of drug-likeness (QED) is 0.592. The molecule has 10 heteroatoms. The first kappa shape index (κ1) is 23.7. The van der Waals surface area contributed by atoms with Crippen LogP contribution in [0.25, 0.3) is 5.69 Å². The van der Waals surface area contributed by atoms with Crippen molar-refractivity contribution in [2.45, 2.75) is 26.4 Å². The molecule has 2 amide bonds. The molecule has 7 nitrogen and oxygen atoms in total. The fourth-order valence-electron chi connectivity index (χ4n) is 3.17. The Morgan fingerprint density at radius 1 is 1.06 bits per heavy atom. The molecule has 0 radical (unpaired) electrons. The van der Waals surface area contributed by atoms with Gasteiger partial charge in [-0.25, -0.2) is 4.68 Å². The normalized spacial score (nSPS) is 11.2. The van der Waals surface area contributed by atoms with E-state index in [1.165, 1.54) is 19.1 Å². The molecule has 2 N–H and O–H groups in total. The van der Waals surface area contributed by atoms with Crippen molar-refractivity contribution in [1.82, 2.24) is 15.1 Å². The molecule has 3 rings (SSSR count). The van der Waals surface area contributed by atoms with Crippen molar-refractivity contribution in [3.8, 4) is 5.69 Å². The Hall–Kier alpha value is -3.95. The van der Waals surface area contributed by atoms with Crippen molar-refractivity contribution in [3.63, 3.8) is 0 Å². The molecule has 172 valence electrons. The predicted octanol–water partition coefficient (Wildman–Crippen LogP) is 3.49. The summed E-state index contributed by atoms with van der Waals surface area (Å²) >= 11 is 0. The molecule has 1 heterocycles. The van der Waals surface area contributed by atoms with E-state index in [2.05, 4.69) is 15.7 Å². The van der Waals surface area contributed by atoms with Crippen molar-refractivity contribution < 1.29 is 22.8 Å². The number of amides is 2. The molecule has 0 atom stereocenters. The lowest BCUT2D eigenvalue weighted by Gasteiger charge is -2.14. The maximum absolute atomic E-state index is 13.1. The van der Waals surface area contributed by atoms with Crippen molar-refractivity contribution in [1.29, 1.82) is 0 Å². The summed E-state index contributed by atoms with van der Waals surface area (Å²) in [6.07, 6.45) is -3.86. The van der Waals surface area contributed by atoms with Gasteiger partial charge in [-0.3, -0.25) is 14.4 Å². The van der Waals surface area contributed by atoms with Gasteiger partial charge >= 0.3 is 6.18 Å². The molecule has 3 aromatic rings. The van der Waals surface area contributed by atoms with Crippen molar-refractivity contribution in [2.75, 3.05) is 11.9 Å². The molecule has 0 fully saturated rings. The van der Waals surface area contributed by atoms with Gasteiger partial charge < -0.3 is 10.6 Å². The lowest BCUT2D eigenvalue weighted by Crippen LogP contribution is -2.37. The van der Waals surface area contributed by atoms with E-state index >= 15 is 0 Å². The van der Waals surface area contributed by atoms with Crippen LogP contribution in [0.3, 0.4) is 0 Å². The number of alkyl halides is 3. The predicted molar refractivity (Wildman–Crippen MR) is 116 cm³/mol. The highest BCUT2D eigenvalue weighted by atomic mass is 19.4. The van der Waals surface area contributed by atoms with E-state index in [0.29, 0.717) is 12.1 Å². The number of hydrogen-bond donors (Lipinski definition) is 2. The van der Waals surface area contributed by atoms with Gasteiger partial charge in [0, 0.05) is 17.4 Å². The van der Waals surface area contributed by atoms with Crippen LogP contribution in [0, 0.1) is 6.92 Å². The summed E-state index contributed by atoms with van der Waals surface area (Å²) in [4.78, 5) is 37.1. The number of benzene rings is 2. The van der Waals surface area contributed by atoms with Gasteiger partial charge in [-0.1, -0.05) is 31.2 Å². The number of carbonyl (C=O) groups excluding carboxylic acids is 2. The molecule has 0 spiro atoms. The number of nitrogens with zero attached hydrogens (tertiary/aromatic N) is 2. The van der Waals surface area contributed by atoms with Crippen LogP contribution < -0.4 is 16.1 Å². The molecule has 1 aromatic heterocycles. The highest BCUT2D eigenvalue weighted by Gasteiger charge is 2.30. The number of rotatable bonds is 6. The third kappa shape index (κ3) is 5.65. The minimum absolute atomic E-state index is 0.0327. The molecule has 0 saturated carbocycles. The van der Waals surface area contributed by atoms with E-state index < -0.39 is 41.2 Å². The molecule has 0 saturated heterocycles. The Morgan fingerprint density at radius 2 is 1.79 bits per heavy atom. The highest BCUT2D eigenvalue weighted by Crippen LogP contribution is 2.30. The first-order chi connectivity index (χ1) is 15.6. The molecule has 2 aromatic carbocycles. The van der Waals surface area contributed by atoms with Crippen LogP contribution in [-0.4, -0.2) is 28.1 Å². The molecule has 0 aliphatic carbocycles. The van der Waals surface area contributed by atoms with Crippen LogP contribution in [0.5, 0.6) is 0 Å². The maximum Gasteiger partial charge on any atom is 0.416 e. The number of para-hydroxylation sites is 1. The van der Waals surface area contributed by atoms with Crippen LogP contribution in [0.2, 0.25) is 0 Å². The summed E-state index contributed by atoms with van der Waals surface area (Å²) in [6.45, 7) is 3.00. The van der Waals surface area contributed by atoms with E-state index in [0.717, 1.165) is 28.4 Å². The molecule has 0 aliphatic heterocycles. The Kier molecular flexibility index (Phi) is 6.95. The van der Waals surface area contributed by atoms with Gasteiger partial charge in [0.15, 0.2) is 5.69 Å². The summed E-state index contributed by atoms with van der Waals surface area (Å²) in [5, 5.41) is 8.96. The number of carbonyl (C=O) groups is 2. The Morgan fingerprint density at radius 3 is 2.48 bits per heavy atom. The number of aromatic nitrogens is 2. The zero-order valence-electron chi connectivity index (χ0n) is 17.9. The number of aryl methyl sites for hydroxylation is 2. The van der Waals surface area contributed by atoms with Crippen molar-refractivity contribution in [2.24, 2.45) is 0 Å². The standard InChI is InChI=1S/C23H21F3N4O3/c1-3-15-7-4-5-10-18(15)28-20(32)13-27-22(33)21-19(31)11-14(2)30(29-21)17-9-6-8-16(12-17)23(24,25)26/h4-12H,3,13H2,1-2H3,(H,27,33)(H,28,32). The topological polar surface area (TPSA) is 93.1 Å². The van der Waals surface area contributed by atoms with Crippen LogP contribution in [0.15, 0.2) is 59.4 Å².